The number of likely N-dealkylation sites (N-methyl/N-ethyl adjacent to an activating group) is 1. The molecule has 1 unspecified atom stereocenters. The normalized spacial score (nSPS) is 20.2. The van der Waals surface area contributed by atoms with Crippen molar-refractivity contribution in [2.45, 2.75) is 32.3 Å². The van der Waals surface area contributed by atoms with Crippen molar-refractivity contribution in [1.82, 2.24) is 4.90 Å². The summed E-state index contributed by atoms with van der Waals surface area (Å²) in [5.41, 5.74) is 3.27. The van der Waals surface area contributed by atoms with Gasteiger partial charge < -0.3 is 24.5 Å². The molecule has 0 aliphatic carbocycles. The van der Waals surface area contributed by atoms with Gasteiger partial charge in [0.1, 0.15) is 5.75 Å². The van der Waals surface area contributed by atoms with Crippen LogP contribution in [0.4, 0.5) is 11.4 Å². The lowest BCUT2D eigenvalue weighted by Crippen LogP contribution is -2.44. The molecule has 2 saturated heterocycles. The number of anilines is 2. The summed E-state index contributed by atoms with van der Waals surface area (Å²) in [5.74, 6) is 0.970. The number of methoxy groups -OCH3 is 1. The molecule has 2 aromatic rings. The third kappa shape index (κ3) is 4.76. The van der Waals surface area contributed by atoms with Crippen LogP contribution in [0.5, 0.6) is 5.75 Å². The molecule has 1 atom stereocenters. The molecular weight excluding hydrogens is 402 g/mol. The minimum absolute atomic E-state index is 0.0396. The average Bonchev–Trinajstić information content (AvgIpc) is 3.14. The summed E-state index contributed by atoms with van der Waals surface area (Å²) in [6.07, 6.45) is 1.56. The van der Waals surface area contributed by atoms with Crippen molar-refractivity contribution in [3.63, 3.8) is 0 Å². The van der Waals surface area contributed by atoms with Crippen LogP contribution in [0.1, 0.15) is 31.4 Å². The Morgan fingerprint density at radius 1 is 1.03 bits per heavy atom. The number of rotatable bonds is 6. The SMILES string of the molecule is COc1ccc(N2CCN(C)CC2)c(CC2CCN(c3ccc(C(C)(C)O)cc3)C2=O)c1. The quantitative estimate of drug-likeness (QED) is 0.752. The third-order valence-electron chi connectivity index (χ3n) is 6.80. The number of amides is 1. The van der Waals surface area contributed by atoms with Crippen molar-refractivity contribution in [3.05, 3.63) is 53.6 Å². The fourth-order valence-corrected chi connectivity index (χ4v) is 4.71. The molecule has 32 heavy (non-hydrogen) atoms. The van der Waals surface area contributed by atoms with Gasteiger partial charge in [0.15, 0.2) is 0 Å². The molecule has 2 heterocycles. The van der Waals surface area contributed by atoms with E-state index in [0.717, 1.165) is 62.6 Å². The van der Waals surface area contributed by atoms with E-state index >= 15 is 0 Å². The molecule has 0 saturated carbocycles. The first-order valence-corrected chi connectivity index (χ1v) is 11.5. The van der Waals surface area contributed by atoms with E-state index in [2.05, 4.69) is 29.0 Å². The lowest BCUT2D eigenvalue weighted by molar-refractivity contribution is -0.120. The lowest BCUT2D eigenvalue weighted by Gasteiger charge is -2.35. The number of nitrogens with zero attached hydrogens (tertiary/aromatic N) is 3. The van der Waals surface area contributed by atoms with Crippen molar-refractivity contribution in [1.29, 1.82) is 0 Å². The predicted molar refractivity (Wildman–Crippen MR) is 129 cm³/mol. The molecule has 172 valence electrons. The van der Waals surface area contributed by atoms with Crippen molar-refractivity contribution >= 4 is 17.3 Å². The number of piperazine rings is 1. The van der Waals surface area contributed by atoms with Gasteiger partial charge in [-0.1, -0.05) is 12.1 Å². The van der Waals surface area contributed by atoms with E-state index in [1.807, 2.05) is 35.2 Å². The minimum Gasteiger partial charge on any atom is -0.497 e. The van der Waals surface area contributed by atoms with Crippen LogP contribution >= 0.6 is 0 Å². The second-order valence-electron chi connectivity index (χ2n) is 9.57. The highest BCUT2D eigenvalue weighted by Gasteiger charge is 2.33. The summed E-state index contributed by atoms with van der Waals surface area (Å²) >= 11 is 0. The van der Waals surface area contributed by atoms with Crippen LogP contribution in [0.15, 0.2) is 42.5 Å². The van der Waals surface area contributed by atoms with Crippen molar-refractivity contribution < 1.29 is 14.6 Å². The maximum atomic E-state index is 13.3. The maximum absolute atomic E-state index is 13.3. The van der Waals surface area contributed by atoms with Gasteiger partial charge in [0.2, 0.25) is 5.91 Å². The van der Waals surface area contributed by atoms with Gasteiger partial charge in [0.05, 0.1) is 12.7 Å². The van der Waals surface area contributed by atoms with Gasteiger partial charge in [-0.05, 0) is 75.2 Å². The van der Waals surface area contributed by atoms with Crippen LogP contribution in [0.3, 0.4) is 0 Å². The van der Waals surface area contributed by atoms with Crippen LogP contribution < -0.4 is 14.5 Å². The summed E-state index contributed by atoms with van der Waals surface area (Å²) in [4.78, 5) is 20.0. The summed E-state index contributed by atoms with van der Waals surface area (Å²) in [7, 11) is 3.85. The molecule has 0 radical (unpaired) electrons. The number of carbonyl (C=O) groups is 1. The number of aliphatic hydroxyl groups is 1. The number of hydrogen-bond donors (Lipinski definition) is 1. The van der Waals surface area contributed by atoms with Crippen LogP contribution in [0.25, 0.3) is 0 Å². The Labute approximate surface area is 191 Å². The standard InChI is InChI=1S/C26H35N3O3/c1-26(2,31)21-5-7-22(8-6-21)29-12-11-19(25(29)30)17-20-18-23(32-4)9-10-24(20)28-15-13-27(3)14-16-28/h5-10,18-19,31H,11-17H2,1-4H3. The van der Waals surface area contributed by atoms with Gasteiger partial charge in [-0.25, -0.2) is 0 Å². The lowest BCUT2D eigenvalue weighted by atomic mass is 9.95. The minimum atomic E-state index is -0.887. The first-order chi connectivity index (χ1) is 15.3. The van der Waals surface area contributed by atoms with Crippen molar-refractivity contribution in [2.24, 2.45) is 5.92 Å². The number of benzene rings is 2. The molecule has 1 amide bonds. The highest BCUT2D eigenvalue weighted by atomic mass is 16.5. The van der Waals surface area contributed by atoms with E-state index in [1.165, 1.54) is 11.3 Å². The second kappa shape index (κ2) is 9.12. The Bertz CT molecular complexity index is 944. The largest absolute Gasteiger partial charge is 0.497 e. The zero-order valence-electron chi connectivity index (χ0n) is 19.7. The van der Waals surface area contributed by atoms with Gasteiger partial charge >= 0.3 is 0 Å². The van der Waals surface area contributed by atoms with Crippen molar-refractivity contribution in [2.75, 3.05) is 56.7 Å². The zero-order chi connectivity index (χ0) is 22.9. The van der Waals surface area contributed by atoms with E-state index in [9.17, 15) is 9.90 Å². The fraction of sp³-hybridized carbons (Fsp3) is 0.500. The molecule has 2 aromatic carbocycles. The van der Waals surface area contributed by atoms with Gasteiger partial charge in [-0.3, -0.25) is 4.79 Å². The molecule has 2 aliphatic rings. The maximum Gasteiger partial charge on any atom is 0.230 e. The summed E-state index contributed by atoms with van der Waals surface area (Å²) < 4.78 is 5.49. The van der Waals surface area contributed by atoms with Crippen LogP contribution in [0.2, 0.25) is 0 Å². The summed E-state index contributed by atoms with van der Waals surface area (Å²) in [6, 6.07) is 14.0. The molecule has 6 nitrogen and oxygen atoms in total. The zero-order valence-corrected chi connectivity index (χ0v) is 19.7. The van der Waals surface area contributed by atoms with Crippen LogP contribution in [-0.4, -0.2) is 62.8 Å². The van der Waals surface area contributed by atoms with E-state index in [4.69, 9.17) is 4.74 Å². The summed E-state index contributed by atoms with van der Waals surface area (Å²) in [5, 5.41) is 10.2. The second-order valence-corrected chi connectivity index (χ2v) is 9.57. The fourth-order valence-electron chi connectivity index (χ4n) is 4.71. The smallest absolute Gasteiger partial charge is 0.230 e. The third-order valence-corrected chi connectivity index (χ3v) is 6.80. The summed E-state index contributed by atoms with van der Waals surface area (Å²) in [6.45, 7) is 8.34. The van der Waals surface area contributed by atoms with Crippen LogP contribution in [-0.2, 0) is 16.8 Å². The van der Waals surface area contributed by atoms with Gasteiger partial charge in [0.25, 0.3) is 0 Å². The molecule has 0 aromatic heterocycles. The van der Waals surface area contributed by atoms with E-state index in [0.29, 0.717) is 0 Å². The molecule has 0 spiro atoms. The molecule has 2 aliphatic heterocycles. The number of ether oxygens (including phenoxy) is 1. The number of carbonyl (C=O) groups excluding carboxylic acids is 1. The van der Waals surface area contributed by atoms with E-state index < -0.39 is 5.60 Å². The monoisotopic (exact) mass is 437 g/mol. The Kier molecular flexibility index (Phi) is 6.45. The molecular formula is C26H35N3O3. The average molecular weight is 438 g/mol. The molecule has 6 heteroatoms. The van der Waals surface area contributed by atoms with E-state index in [-0.39, 0.29) is 11.8 Å². The highest BCUT2D eigenvalue weighted by Crippen LogP contribution is 2.33. The Hall–Kier alpha value is -2.57. The molecule has 0 bridgehead atoms. The first-order valence-electron chi connectivity index (χ1n) is 11.5. The Morgan fingerprint density at radius 2 is 1.72 bits per heavy atom. The molecule has 2 fully saturated rings. The molecule has 4 rings (SSSR count). The van der Waals surface area contributed by atoms with Gasteiger partial charge in [-0.15, -0.1) is 0 Å². The Morgan fingerprint density at radius 3 is 2.34 bits per heavy atom. The molecule has 1 N–H and O–H groups in total. The predicted octanol–water partition coefficient (Wildman–Crippen LogP) is 3.27. The highest BCUT2D eigenvalue weighted by molar-refractivity contribution is 5.97. The first kappa shape index (κ1) is 22.6. The topological polar surface area (TPSA) is 56.3 Å². The van der Waals surface area contributed by atoms with Gasteiger partial charge in [0, 0.05) is 50.0 Å². The van der Waals surface area contributed by atoms with Gasteiger partial charge in [-0.2, -0.15) is 0 Å². The van der Waals surface area contributed by atoms with E-state index in [1.54, 1.807) is 21.0 Å². The number of hydrogen-bond acceptors (Lipinski definition) is 5. The van der Waals surface area contributed by atoms with Crippen LogP contribution in [0, 0.1) is 5.92 Å². The van der Waals surface area contributed by atoms with Crippen molar-refractivity contribution in [3.8, 4) is 5.75 Å². The Balaban J connectivity index is 1.51.